The number of benzene rings is 1. The summed E-state index contributed by atoms with van der Waals surface area (Å²) >= 11 is 3.35. The quantitative estimate of drug-likeness (QED) is 0.872. The van der Waals surface area contributed by atoms with Gasteiger partial charge >= 0.3 is 6.18 Å². The van der Waals surface area contributed by atoms with E-state index in [4.69, 9.17) is 4.74 Å². The van der Waals surface area contributed by atoms with Crippen molar-refractivity contribution in [3.8, 4) is 5.88 Å². The van der Waals surface area contributed by atoms with Crippen LogP contribution in [-0.4, -0.2) is 12.0 Å². The maximum atomic E-state index is 12.8. The van der Waals surface area contributed by atoms with E-state index in [9.17, 15) is 13.2 Å². The SMILES string of the molecule is CNc1cc(C(F)(F)F)cc(OCc2ccccc2Br)n1. The zero-order valence-corrected chi connectivity index (χ0v) is 12.6. The molecule has 1 heterocycles. The molecule has 7 heteroatoms. The van der Waals surface area contributed by atoms with Gasteiger partial charge in [0, 0.05) is 23.2 Å². The molecule has 1 aromatic heterocycles. The second kappa shape index (κ2) is 6.34. The molecule has 0 saturated carbocycles. The third kappa shape index (κ3) is 4.10. The lowest BCUT2D eigenvalue weighted by Crippen LogP contribution is -2.08. The van der Waals surface area contributed by atoms with Crippen LogP contribution in [0.2, 0.25) is 0 Å². The molecule has 21 heavy (non-hydrogen) atoms. The largest absolute Gasteiger partial charge is 0.473 e. The molecule has 3 nitrogen and oxygen atoms in total. The fourth-order valence-electron chi connectivity index (χ4n) is 1.64. The van der Waals surface area contributed by atoms with Crippen LogP contribution in [-0.2, 0) is 12.8 Å². The van der Waals surface area contributed by atoms with E-state index in [-0.39, 0.29) is 18.3 Å². The first-order valence-electron chi connectivity index (χ1n) is 6.03. The number of alkyl halides is 3. The second-order valence-corrected chi connectivity index (χ2v) is 5.06. The average Bonchev–Trinajstić information content (AvgIpc) is 2.45. The average molecular weight is 361 g/mol. The number of nitrogens with zero attached hydrogens (tertiary/aromatic N) is 1. The highest BCUT2D eigenvalue weighted by Gasteiger charge is 2.31. The summed E-state index contributed by atoms with van der Waals surface area (Å²) in [4.78, 5) is 3.96. The van der Waals surface area contributed by atoms with Gasteiger partial charge in [-0.1, -0.05) is 34.1 Å². The van der Waals surface area contributed by atoms with Crippen molar-refractivity contribution < 1.29 is 17.9 Å². The summed E-state index contributed by atoms with van der Waals surface area (Å²) < 4.78 is 44.6. The van der Waals surface area contributed by atoms with Crippen molar-refractivity contribution in [1.82, 2.24) is 4.98 Å². The molecular formula is C14H12BrF3N2O. The number of aromatic nitrogens is 1. The van der Waals surface area contributed by atoms with Crippen LogP contribution >= 0.6 is 15.9 Å². The van der Waals surface area contributed by atoms with E-state index in [1.165, 1.54) is 7.05 Å². The van der Waals surface area contributed by atoms with Crippen LogP contribution in [0.25, 0.3) is 0 Å². The first-order chi connectivity index (χ1) is 9.90. The van der Waals surface area contributed by atoms with Crippen LogP contribution < -0.4 is 10.1 Å². The molecule has 0 aliphatic heterocycles. The topological polar surface area (TPSA) is 34.1 Å². The van der Waals surface area contributed by atoms with Crippen molar-refractivity contribution in [3.63, 3.8) is 0 Å². The third-order valence-electron chi connectivity index (χ3n) is 2.72. The molecule has 0 aliphatic rings. The van der Waals surface area contributed by atoms with Crippen LogP contribution in [0.15, 0.2) is 40.9 Å². The summed E-state index contributed by atoms with van der Waals surface area (Å²) in [5, 5.41) is 2.59. The molecule has 2 rings (SSSR count). The first kappa shape index (κ1) is 15.6. The Bertz CT molecular complexity index is 632. The van der Waals surface area contributed by atoms with Crippen molar-refractivity contribution in [3.05, 3.63) is 52.0 Å². The van der Waals surface area contributed by atoms with Gasteiger partial charge in [0.2, 0.25) is 5.88 Å². The Kier molecular flexibility index (Phi) is 4.72. The van der Waals surface area contributed by atoms with E-state index in [0.29, 0.717) is 0 Å². The minimum atomic E-state index is -4.44. The van der Waals surface area contributed by atoms with E-state index in [0.717, 1.165) is 22.2 Å². The van der Waals surface area contributed by atoms with Gasteiger partial charge in [-0.3, -0.25) is 0 Å². The Hall–Kier alpha value is -1.76. The molecule has 0 radical (unpaired) electrons. The summed E-state index contributed by atoms with van der Waals surface area (Å²) in [6.45, 7) is 0.124. The predicted octanol–water partition coefficient (Wildman–Crippen LogP) is 4.48. The molecule has 2 aromatic rings. The molecule has 1 N–H and O–H groups in total. The van der Waals surface area contributed by atoms with Gasteiger partial charge in [-0.2, -0.15) is 18.2 Å². The molecule has 1 aromatic carbocycles. The molecular weight excluding hydrogens is 349 g/mol. The van der Waals surface area contributed by atoms with Crippen LogP contribution in [0.3, 0.4) is 0 Å². The number of hydrogen-bond acceptors (Lipinski definition) is 3. The number of halogens is 4. The van der Waals surface area contributed by atoms with Gasteiger partial charge < -0.3 is 10.1 Å². The van der Waals surface area contributed by atoms with Crippen LogP contribution in [0.5, 0.6) is 5.88 Å². The summed E-state index contributed by atoms with van der Waals surface area (Å²) in [6, 6.07) is 9.13. The van der Waals surface area contributed by atoms with Gasteiger partial charge in [-0.25, -0.2) is 0 Å². The molecule has 0 amide bonds. The molecule has 0 atom stereocenters. The minimum absolute atomic E-state index is 0.0788. The van der Waals surface area contributed by atoms with Crippen LogP contribution in [0, 0.1) is 0 Å². The Balaban J connectivity index is 2.22. The zero-order valence-electron chi connectivity index (χ0n) is 11.0. The van der Waals surface area contributed by atoms with E-state index in [1.54, 1.807) is 0 Å². The lowest BCUT2D eigenvalue weighted by molar-refractivity contribution is -0.137. The first-order valence-corrected chi connectivity index (χ1v) is 6.82. The molecule has 0 bridgehead atoms. The summed E-state index contributed by atoms with van der Waals surface area (Å²) in [5.74, 6) is 0.0249. The number of anilines is 1. The van der Waals surface area contributed by atoms with Gasteiger partial charge in [-0.15, -0.1) is 0 Å². The van der Waals surface area contributed by atoms with E-state index in [1.807, 2.05) is 24.3 Å². The fraction of sp³-hybridized carbons (Fsp3) is 0.214. The fourth-order valence-corrected chi connectivity index (χ4v) is 2.04. The molecule has 0 unspecified atom stereocenters. The van der Waals surface area contributed by atoms with Crippen molar-refractivity contribution in [1.29, 1.82) is 0 Å². The van der Waals surface area contributed by atoms with E-state index < -0.39 is 11.7 Å². The van der Waals surface area contributed by atoms with Gasteiger partial charge in [0.1, 0.15) is 12.4 Å². The Morgan fingerprint density at radius 3 is 2.57 bits per heavy atom. The van der Waals surface area contributed by atoms with Gasteiger partial charge in [0.05, 0.1) is 5.56 Å². The molecule has 0 aliphatic carbocycles. The normalized spacial score (nSPS) is 11.3. The monoisotopic (exact) mass is 360 g/mol. The smallest absolute Gasteiger partial charge is 0.416 e. The summed E-state index contributed by atoms with van der Waals surface area (Å²) in [5.41, 5.74) is 0.0201. The number of rotatable bonds is 4. The standard InChI is InChI=1S/C14H12BrF3N2O/c1-19-12-6-10(14(16,17)18)7-13(20-12)21-8-9-4-2-3-5-11(9)15/h2-7H,8H2,1H3,(H,19,20). The molecule has 0 spiro atoms. The summed E-state index contributed by atoms with van der Waals surface area (Å²) in [6.07, 6.45) is -4.44. The highest BCUT2D eigenvalue weighted by Crippen LogP contribution is 2.32. The van der Waals surface area contributed by atoms with Crippen LogP contribution in [0.1, 0.15) is 11.1 Å². The number of pyridine rings is 1. The van der Waals surface area contributed by atoms with Crippen molar-refractivity contribution in [2.75, 3.05) is 12.4 Å². The minimum Gasteiger partial charge on any atom is -0.473 e. The number of nitrogens with one attached hydrogen (secondary N) is 1. The molecule has 0 fully saturated rings. The van der Waals surface area contributed by atoms with Crippen molar-refractivity contribution >= 4 is 21.7 Å². The van der Waals surface area contributed by atoms with Crippen molar-refractivity contribution in [2.45, 2.75) is 12.8 Å². The lowest BCUT2D eigenvalue weighted by Gasteiger charge is -2.12. The van der Waals surface area contributed by atoms with Crippen LogP contribution in [0.4, 0.5) is 19.0 Å². The number of ether oxygens (including phenoxy) is 1. The Morgan fingerprint density at radius 1 is 1.24 bits per heavy atom. The lowest BCUT2D eigenvalue weighted by atomic mass is 10.2. The Morgan fingerprint density at radius 2 is 1.95 bits per heavy atom. The van der Waals surface area contributed by atoms with Gasteiger partial charge in [0.25, 0.3) is 0 Å². The predicted molar refractivity (Wildman–Crippen MR) is 77.3 cm³/mol. The maximum absolute atomic E-state index is 12.8. The molecule has 112 valence electrons. The highest BCUT2D eigenvalue weighted by molar-refractivity contribution is 9.10. The second-order valence-electron chi connectivity index (χ2n) is 4.21. The van der Waals surface area contributed by atoms with Gasteiger partial charge in [0.15, 0.2) is 0 Å². The van der Waals surface area contributed by atoms with Gasteiger partial charge in [-0.05, 0) is 12.1 Å². The molecule has 0 saturated heterocycles. The maximum Gasteiger partial charge on any atom is 0.416 e. The summed E-state index contributed by atoms with van der Waals surface area (Å²) in [7, 11) is 1.50. The van der Waals surface area contributed by atoms with E-state index >= 15 is 0 Å². The Labute approximate surface area is 128 Å². The number of hydrogen-bond donors (Lipinski definition) is 1. The van der Waals surface area contributed by atoms with E-state index in [2.05, 4.69) is 26.2 Å². The van der Waals surface area contributed by atoms with Crippen molar-refractivity contribution in [2.24, 2.45) is 0 Å². The third-order valence-corrected chi connectivity index (χ3v) is 3.49. The highest BCUT2D eigenvalue weighted by atomic mass is 79.9. The zero-order chi connectivity index (χ0) is 15.5.